The summed E-state index contributed by atoms with van der Waals surface area (Å²) in [5, 5.41) is 16.7. The van der Waals surface area contributed by atoms with Crippen molar-refractivity contribution in [2.75, 3.05) is 0 Å². The molecule has 0 aliphatic rings. The highest BCUT2D eigenvalue weighted by Crippen LogP contribution is 1.80. The van der Waals surface area contributed by atoms with Crippen LogP contribution in [0.2, 0.25) is 0 Å². The summed E-state index contributed by atoms with van der Waals surface area (Å²) in [4.78, 5) is 3.77. The quantitative estimate of drug-likeness (QED) is 0.405. The molecule has 0 aliphatic carbocycles. The van der Waals surface area contributed by atoms with Crippen LogP contribution < -0.4 is 5.32 Å². The topological polar surface area (TPSA) is 77.4 Å². The fraction of sp³-hybridized carbons (Fsp3) is 0.250. The SMILES string of the molecule is N#CNCc1ncn[nH]1. The summed E-state index contributed by atoms with van der Waals surface area (Å²) in [5.74, 6) is 0.663. The Labute approximate surface area is 51.7 Å². The van der Waals surface area contributed by atoms with Gasteiger partial charge < -0.3 is 5.32 Å². The van der Waals surface area contributed by atoms with Crippen molar-refractivity contribution in [1.29, 1.82) is 5.26 Å². The first kappa shape index (κ1) is 5.56. The van der Waals surface area contributed by atoms with E-state index >= 15 is 0 Å². The van der Waals surface area contributed by atoms with Gasteiger partial charge in [0.05, 0.1) is 6.54 Å². The third-order valence-electron chi connectivity index (χ3n) is 0.800. The van der Waals surface area contributed by atoms with Gasteiger partial charge in [-0.1, -0.05) is 0 Å². The molecule has 46 valence electrons. The average Bonchev–Trinajstić information content (AvgIpc) is 2.34. The van der Waals surface area contributed by atoms with Gasteiger partial charge in [0, 0.05) is 0 Å². The molecule has 1 heterocycles. The van der Waals surface area contributed by atoms with E-state index in [2.05, 4.69) is 20.5 Å². The second kappa shape index (κ2) is 2.67. The van der Waals surface area contributed by atoms with Crippen LogP contribution in [0.1, 0.15) is 5.82 Å². The highest BCUT2D eigenvalue weighted by Gasteiger charge is 1.89. The zero-order valence-corrected chi connectivity index (χ0v) is 4.63. The van der Waals surface area contributed by atoms with Gasteiger partial charge >= 0.3 is 0 Å². The van der Waals surface area contributed by atoms with Crippen LogP contribution in [0.5, 0.6) is 0 Å². The van der Waals surface area contributed by atoms with E-state index in [1.54, 1.807) is 6.19 Å². The van der Waals surface area contributed by atoms with Crippen LogP contribution in [0.4, 0.5) is 0 Å². The Hall–Kier alpha value is -1.57. The Morgan fingerprint density at radius 1 is 1.89 bits per heavy atom. The molecule has 5 nitrogen and oxygen atoms in total. The minimum Gasteiger partial charge on any atom is -0.316 e. The van der Waals surface area contributed by atoms with Crippen LogP contribution in [0.25, 0.3) is 0 Å². The van der Waals surface area contributed by atoms with Crippen molar-refractivity contribution < 1.29 is 0 Å². The van der Waals surface area contributed by atoms with Crippen LogP contribution >= 0.6 is 0 Å². The summed E-state index contributed by atoms with van der Waals surface area (Å²) in [5.41, 5.74) is 0. The molecule has 2 N–H and O–H groups in total. The maximum Gasteiger partial charge on any atom is 0.176 e. The van der Waals surface area contributed by atoms with Gasteiger partial charge in [0.2, 0.25) is 0 Å². The molecule has 1 aromatic heterocycles. The van der Waals surface area contributed by atoms with Crippen molar-refractivity contribution in [2.24, 2.45) is 0 Å². The van der Waals surface area contributed by atoms with Gasteiger partial charge in [0.1, 0.15) is 12.2 Å². The molecule has 0 spiro atoms. The van der Waals surface area contributed by atoms with E-state index in [0.29, 0.717) is 12.4 Å². The molecule has 0 amide bonds. The van der Waals surface area contributed by atoms with Crippen molar-refractivity contribution in [3.63, 3.8) is 0 Å². The van der Waals surface area contributed by atoms with Crippen molar-refractivity contribution in [3.8, 4) is 6.19 Å². The molecule has 0 aliphatic heterocycles. The van der Waals surface area contributed by atoms with E-state index in [1.165, 1.54) is 6.33 Å². The maximum atomic E-state index is 8.04. The lowest BCUT2D eigenvalue weighted by Crippen LogP contribution is -2.05. The third kappa shape index (κ3) is 1.42. The Kier molecular flexibility index (Phi) is 1.65. The molecule has 0 aromatic carbocycles. The molecule has 1 rings (SSSR count). The Morgan fingerprint density at radius 2 is 2.78 bits per heavy atom. The first-order valence-corrected chi connectivity index (χ1v) is 2.39. The number of rotatable bonds is 2. The molecule has 9 heavy (non-hydrogen) atoms. The highest BCUT2D eigenvalue weighted by atomic mass is 15.2. The number of nitriles is 1. The van der Waals surface area contributed by atoms with Crippen molar-refractivity contribution in [3.05, 3.63) is 12.2 Å². The largest absolute Gasteiger partial charge is 0.316 e. The second-order valence-corrected chi connectivity index (χ2v) is 1.40. The number of H-pyrrole nitrogens is 1. The van der Waals surface area contributed by atoms with Gasteiger partial charge in [-0.3, -0.25) is 5.10 Å². The summed E-state index contributed by atoms with van der Waals surface area (Å²) >= 11 is 0. The molecule has 1 aromatic rings. The molecule has 0 saturated heterocycles. The van der Waals surface area contributed by atoms with Crippen LogP contribution in [-0.2, 0) is 6.54 Å². The monoisotopic (exact) mass is 123 g/mol. The highest BCUT2D eigenvalue weighted by molar-refractivity contribution is 4.81. The lowest BCUT2D eigenvalue weighted by atomic mass is 10.6. The van der Waals surface area contributed by atoms with E-state index in [-0.39, 0.29) is 0 Å². The van der Waals surface area contributed by atoms with Crippen LogP contribution in [0.3, 0.4) is 0 Å². The zero-order chi connectivity index (χ0) is 6.53. The number of hydrogen-bond donors (Lipinski definition) is 2. The number of aromatic nitrogens is 3. The number of nitrogens with one attached hydrogen (secondary N) is 2. The van der Waals surface area contributed by atoms with Gasteiger partial charge in [-0.15, -0.1) is 0 Å². The first-order valence-electron chi connectivity index (χ1n) is 2.39. The molecule has 0 radical (unpaired) electrons. The maximum absolute atomic E-state index is 8.04. The van der Waals surface area contributed by atoms with E-state index in [0.717, 1.165) is 0 Å². The standard InChI is InChI=1S/C4H5N5/c5-2-6-1-4-7-3-8-9-4/h3,6H,1H2,(H,7,8,9). The van der Waals surface area contributed by atoms with Crippen LogP contribution in [0, 0.1) is 11.5 Å². The molecule has 0 atom stereocenters. The summed E-state index contributed by atoms with van der Waals surface area (Å²) in [7, 11) is 0. The Morgan fingerprint density at radius 3 is 3.33 bits per heavy atom. The normalized spacial score (nSPS) is 8.33. The van der Waals surface area contributed by atoms with Crippen molar-refractivity contribution in [1.82, 2.24) is 20.5 Å². The Bertz CT molecular complexity index is 195. The van der Waals surface area contributed by atoms with Crippen LogP contribution in [-0.4, -0.2) is 15.2 Å². The van der Waals surface area contributed by atoms with Crippen molar-refractivity contribution >= 4 is 0 Å². The Balaban J connectivity index is 2.41. The first-order chi connectivity index (χ1) is 4.43. The summed E-state index contributed by atoms with van der Waals surface area (Å²) < 4.78 is 0. The summed E-state index contributed by atoms with van der Waals surface area (Å²) in [6, 6.07) is 0. The molecular formula is C4H5N5. The number of hydrogen-bond acceptors (Lipinski definition) is 4. The lowest BCUT2D eigenvalue weighted by molar-refractivity contribution is 0.811. The van der Waals surface area contributed by atoms with E-state index in [4.69, 9.17) is 5.26 Å². The van der Waals surface area contributed by atoms with E-state index < -0.39 is 0 Å². The van der Waals surface area contributed by atoms with Crippen LogP contribution in [0.15, 0.2) is 6.33 Å². The predicted octanol–water partition coefficient (Wildman–Crippen LogP) is -0.625. The molecule has 0 unspecified atom stereocenters. The minimum absolute atomic E-state index is 0.413. The van der Waals surface area contributed by atoms with Gasteiger partial charge in [-0.2, -0.15) is 10.4 Å². The molecule has 0 bridgehead atoms. The summed E-state index contributed by atoms with van der Waals surface area (Å²) in [6.07, 6.45) is 3.17. The fourth-order valence-electron chi connectivity index (χ4n) is 0.439. The average molecular weight is 123 g/mol. The molecule has 0 fully saturated rings. The molecule has 0 saturated carbocycles. The molecular weight excluding hydrogens is 118 g/mol. The van der Waals surface area contributed by atoms with E-state index in [1.807, 2.05) is 0 Å². The van der Waals surface area contributed by atoms with Gasteiger partial charge in [0.25, 0.3) is 0 Å². The zero-order valence-electron chi connectivity index (χ0n) is 4.63. The van der Waals surface area contributed by atoms with Crippen molar-refractivity contribution in [2.45, 2.75) is 6.54 Å². The third-order valence-corrected chi connectivity index (χ3v) is 0.800. The van der Waals surface area contributed by atoms with Gasteiger partial charge in [-0.05, 0) is 0 Å². The van der Waals surface area contributed by atoms with Gasteiger partial charge in [0.15, 0.2) is 6.19 Å². The number of aromatic amines is 1. The smallest absolute Gasteiger partial charge is 0.176 e. The second-order valence-electron chi connectivity index (χ2n) is 1.40. The predicted molar refractivity (Wildman–Crippen MR) is 28.8 cm³/mol. The fourth-order valence-corrected chi connectivity index (χ4v) is 0.439. The lowest BCUT2D eigenvalue weighted by Gasteiger charge is -1.87. The summed E-state index contributed by atoms with van der Waals surface area (Å²) in [6.45, 7) is 0.413. The minimum atomic E-state index is 0.413. The van der Waals surface area contributed by atoms with Gasteiger partial charge in [-0.25, -0.2) is 4.98 Å². The molecule has 5 heteroatoms. The van der Waals surface area contributed by atoms with E-state index in [9.17, 15) is 0 Å². The number of nitrogens with zero attached hydrogens (tertiary/aromatic N) is 3.